The number of phenolic OH excluding ortho intramolecular Hbond substituents is 3. The molecule has 36 heavy (non-hydrogen) atoms. The number of phenols is 3. The molecule has 3 aromatic rings. The molecule has 5 nitrogen and oxygen atoms in total. The molecule has 0 amide bonds. The zero-order valence-electron chi connectivity index (χ0n) is 20.0. The van der Waals surface area contributed by atoms with E-state index < -0.39 is 0 Å². The largest absolute Gasteiger partial charge is 0.512 e. The van der Waals surface area contributed by atoms with Gasteiger partial charge in [0.15, 0.2) is 0 Å². The molecule has 0 saturated heterocycles. The lowest BCUT2D eigenvalue weighted by Crippen LogP contribution is -2.16. The summed E-state index contributed by atoms with van der Waals surface area (Å²) in [5.74, 6) is 1.11. The van der Waals surface area contributed by atoms with Gasteiger partial charge in [-0.05, 0) is 96.7 Å². The molecule has 0 fully saturated rings. The third-order valence-electron chi connectivity index (χ3n) is 7.19. The zero-order chi connectivity index (χ0) is 25.2. The number of hydrogen-bond donors (Lipinski definition) is 5. The Kier molecular flexibility index (Phi) is 6.47. The van der Waals surface area contributed by atoms with Gasteiger partial charge >= 0.3 is 0 Å². The molecule has 0 radical (unpaired) electrons. The fourth-order valence-electron chi connectivity index (χ4n) is 5.34. The summed E-state index contributed by atoms with van der Waals surface area (Å²) in [4.78, 5) is 0. The highest BCUT2D eigenvalue weighted by Gasteiger charge is 2.32. The van der Waals surface area contributed by atoms with E-state index in [1.54, 1.807) is 36.4 Å². The molecule has 0 unspecified atom stereocenters. The van der Waals surface area contributed by atoms with Crippen LogP contribution in [0.1, 0.15) is 59.4 Å². The Hall–Kier alpha value is -4.12. The maximum absolute atomic E-state index is 11.6. The Morgan fingerprint density at radius 2 is 1.33 bits per heavy atom. The van der Waals surface area contributed by atoms with Crippen molar-refractivity contribution in [1.29, 1.82) is 0 Å². The first kappa shape index (κ1) is 23.6. The molecule has 0 saturated carbocycles. The Balaban J connectivity index is 1.58. The van der Waals surface area contributed by atoms with Crippen molar-refractivity contribution in [3.63, 3.8) is 0 Å². The van der Waals surface area contributed by atoms with Crippen LogP contribution in [0.5, 0.6) is 17.2 Å². The molecule has 5 heteroatoms. The van der Waals surface area contributed by atoms with Gasteiger partial charge in [-0.15, -0.1) is 0 Å². The molecular formula is C31H30O5. The van der Waals surface area contributed by atoms with E-state index in [2.05, 4.69) is 0 Å². The van der Waals surface area contributed by atoms with Crippen LogP contribution in [0.25, 0.3) is 5.76 Å². The lowest BCUT2D eigenvalue weighted by molar-refractivity contribution is 0.385. The van der Waals surface area contributed by atoms with Gasteiger partial charge in [-0.25, -0.2) is 0 Å². The van der Waals surface area contributed by atoms with Crippen molar-refractivity contribution in [2.24, 2.45) is 0 Å². The number of aromatic hydroxyl groups is 3. The Labute approximate surface area is 210 Å². The SMILES string of the molecule is OC1=CC=C(CC2=C(O)c3c(Cc4ccc(O)cc4)ccc(O)c3[C@H](Cc3ccc(O)cc3)C2)CC1. The normalized spacial score (nSPS) is 17.4. The zero-order valence-corrected chi connectivity index (χ0v) is 20.0. The van der Waals surface area contributed by atoms with Crippen LogP contribution in [0.2, 0.25) is 0 Å². The van der Waals surface area contributed by atoms with Crippen LogP contribution in [0.15, 0.2) is 89.7 Å². The average molecular weight is 483 g/mol. The van der Waals surface area contributed by atoms with E-state index in [9.17, 15) is 25.5 Å². The summed E-state index contributed by atoms with van der Waals surface area (Å²) in [6.45, 7) is 0. The van der Waals surface area contributed by atoms with E-state index >= 15 is 0 Å². The van der Waals surface area contributed by atoms with Crippen LogP contribution < -0.4 is 0 Å². The van der Waals surface area contributed by atoms with Gasteiger partial charge in [0.25, 0.3) is 0 Å². The summed E-state index contributed by atoms with van der Waals surface area (Å²) >= 11 is 0. The maximum Gasteiger partial charge on any atom is 0.123 e. The third kappa shape index (κ3) is 4.96. The highest BCUT2D eigenvalue weighted by atomic mass is 16.3. The molecule has 0 bridgehead atoms. The van der Waals surface area contributed by atoms with Gasteiger partial charge in [0.1, 0.15) is 23.0 Å². The van der Waals surface area contributed by atoms with Crippen LogP contribution >= 0.6 is 0 Å². The molecular weight excluding hydrogens is 452 g/mol. The van der Waals surface area contributed by atoms with Gasteiger partial charge < -0.3 is 25.5 Å². The Morgan fingerprint density at radius 1 is 0.667 bits per heavy atom. The summed E-state index contributed by atoms with van der Waals surface area (Å²) in [6.07, 6.45) is 7.41. The summed E-state index contributed by atoms with van der Waals surface area (Å²) < 4.78 is 0. The highest BCUT2D eigenvalue weighted by molar-refractivity contribution is 5.74. The molecule has 3 aromatic carbocycles. The summed E-state index contributed by atoms with van der Waals surface area (Å²) in [7, 11) is 0. The molecule has 0 aromatic heterocycles. The monoisotopic (exact) mass is 482 g/mol. The van der Waals surface area contributed by atoms with Gasteiger partial charge in [-0.3, -0.25) is 0 Å². The van der Waals surface area contributed by atoms with Gasteiger partial charge in [-0.2, -0.15) is 0 Å². The molecule has 0 spiro atoms. The van der Waals surface area contributed by atoms with E-state index in [1.165, 1.54) is 0 Å². The van der Waals surface area contributed by atoms with E-state index in [0.29, 0.717) is 43.4 Å². The van der Waals surface area contributed by atoms with Crippen LogP contribution in [-0.4, -0.2) is 25.5 Å². The van der Waals surface area contributed by atoms with Gasteiger partial charge in [0.2, 0.25) is 0 Å². The number of benzene rings is 3. The van der Waals surface area contributed by atoms with Crippen LogP contribution in [0.4, 0.5) is 0 Å². The van der Waals surface area contributed by atoms with Crippen molar-refractivity contribution in [2.45, 2.75) is 44.4 Å². The molecule has 2 aliphatic rings. The first-order chi connectivity index (χ1) is 17.4. The lowest BCUT2D eigenvalue weighted by Gasteiger charge is -2.31. The molecule has 1 atom stereocenters. The number of allylic oxidation sites excluding steroid dienone is 5. The van der Waals surface area contributed by atoms with Gasteiger partial charge in [0, 0.05) is 17.5 Å². The quantitative estimate of drug-likeness (QED) is 0.262. The summed E-state index contributed by atoms with van der Waals surface area (Å²) in [5.41, 5.74) is 6.45. The van der Waals surface area contributed by atoms with Crippen molar-refractivity contribution < 1.29 is 25.5 Å². The van der Waals surface area contributed by atoms with Crippen LogP contribution in [0.3, 0.4) is 0 Å². The Bertz CT molecular complexity index is 1360. The van der Waals surface area contributed by atoms with E-state index in [0.717, 1.165) is 39.8 Å². The maximum atomic E-state index is 11.6. The molecule has 184 valence electrons. The molecule has 0 aliphatic heterocycles. The highest BCUT2D eigenvalue weighted by Crippen LogP contribution is 2.47. The minimum absolute atomic E-state index is 0.0525. The second-order valence-corrected chi connectivity index (χ2v) is 9.76. The van der Waals surface area contributed by atoms with Crippen LogP contribution in [0, 0.1) is 0 Å². The number of rotatable bonds is 6. The first-order valence-corrected chi connectivity index (χ1v) is 12.3. The van der Waals surface area contributed by atoms with Crippen molar-refractivity contribution in [2.75, 3.05) is 0 Å². The fraction of sp³-hybridized carbons (Fsp3) is 0.226. The number of fused-ring (bicyclic) bond motifs is 1. The minimum Gasteiger partial charge on any atom is -0.512 e. The van der Waals surface area contributed by atoms with Crippen molar-refractivity contribution >= 4 is 5.76 Å². The number of hydrogen-bond acceptors (Lipinski definition) is 5. The smallest absolute Gasteiger partial charge is 0.123 e. The summed E-state index contributed by atoms with van der Waals surface area (Å²) in [5, 5.41) is 51.7. The van der Waals surface area contributed by atoms with Gasteiger partial charge in [0.05, 0.1) is 5.76 Å². The van der Waals surface area contributed by atoms with Crippen molar-refractivity contribution in [3.8, 4) is 17.2 Å². The molecule has 2 aliphatic carbocycles. The van der Waals surface area contributed by atoms with Crippen molar-refractivity contribution in [3.05, 3.63) is 118 Å². The first-order valence-electron chi connectivity index (χ1n) is 12.3. The minimum atomic E-state index is -0.0525. The molecule has 5 N–H and O–H groups in total. The van der Waals surface area contributed by atoms with E-state index in [-0.39, 0.29) is 28.9 Å². The fourth-order valence-corrected chi connectivity index (χ4v) is 5.34. The van der Waals surface area contributed by atoms with Gasteiger partial charge in [-0.1, -0.05) is 42.0 Å². The standard InChI is InChI=1S/C31H30O5/c32-25-8-1-19(2-9-25)15-22-7-14-28(35)29-23(16-20-3-10-26(33)11-4-20)18-24(31(36)30(22)29)17-21-5-12-27(34)13-6-21/h1-5,7-12,14,23,32-36H,6,13,15-18H2/t23-/m1/s1. The predicted octanol–water partition coefficient (Wildman–Crippen LogP) is 6.95. The topological polar surface area (TPSA) is 101 Å². The van der Waals surface area contributed by atoms with E-state index in [4.69, 9.17) is 0 Å². The average Bonchev–Trinajstić information content (AvgIpc) is 2.87. The second kappa shape index (κ2) is 9.86. The van der Waals surface area contributed by atoms with E-state index in [1.807, 2.05) is 36.4 Å². The third-order valence-corrected chi connectivity index (χ3v) is 7.19. The van der Waals surface area contributed by atoms with Crippen molar-refractivity contribution in [1.82, 2.24) is 0 Å². The Morgan fingerprint density at radius 3 is 1.97 bits per heavy atom. The molecule has 5 rings (SSSR count). The molecule has 0 heterocycles. The lowest BCUT2D eigenvalue weighted by atomic mass is 9.74. The number of aliphatic hydroxyl groups is 2. The van der Waals surface area contributed by atoms with Crippen LogP contribution in [-0.2, 0) is 12.8 Å². The number of aliphatic hydroxyl groups excluding tert-OH is 2. The second-order valence-electron chi connectivity index (χ2n) is 9.76. The predicted molar refractivity (Wildman–Crippen MR) is 140 cm³/mol. The summed E-state index contributed by atoms with van der Waals surface area (Å²) in [6, 6.07) is 17.7.